The van der Waals surface area contributed by atoms with E-state index in [9.17, 15) is 5.11 Å². The molecule has 3 heterocycles. The molecule has 118 valence electrons. The fourth-order valence-electron chi connectivity index (χ4n) is 2.86. The summed E-state index contributed by atoms with van der Waals surface area (Å²) in [6, 6.07) is 9.81. The molecule has 0 spiro atoms. The smallest absolute Gasteiger partial charge is 0.132 e. The summed E-state index contributed by atoms with van der Waals surface area (Å²) in [5.74, 6) is 0.621. The van der Waals surface area contributed by atoms with Gasteiger partial charge >= 0.3 is 0 Å². The van der Waals surface area contributed by atoms with E-state index in [1.165, 1.54) is 0 Å². The van der Waals surface area contributed by atoms with Crippen molar-refractivity contribution in [3.8, 4) is 0 Å². The van der Waals surface area contributed by atoms with Gasteiger partial charge in [-0.3, -0.25) is 9.88 Å². The number of aliphatic hydroxyl groups excluding tert-OH is 1. The predicted molar refractivity (Wildman–Crippen MR) is 82.4 cm³/mol. The van der Waals surface area contributed by atoms with Crippen molar-refractivity contribution in [2.24, 2.45) is 0 Å². The van der Waals surface area contributed by atoms with E-state index in [4.69, 9.17) is 9.15 Å². The van der Waals surface area contributed by atoms with Crippen LogP contribution in [0.4, 0.5) is 0 Å². The maximum absolute atomic E-state index is 10.3. The molecule has 1 fully saturated rings. The first-order valence-corrected chi connectivity index (χ1v) is 7.76. The molecule has 0 radical (unpaired) electrons. The first kappa shape index (κ1) is 15.2. The van der Waals surface area contributed by atoms with E-state index in [2.05, 4.69) is 9.88 Å². The van der Waals surface area contributed by atoms with Crippen molar-refractivity contribution in [3.63, 3.8) is 0 Å². The highest BCUT2D eigenvalue weighted by atomic mass is 16.5. The minimum absolute atomic E-state index is 0.206. The third-order valence-electron chi connectivity index (χ3n) is 4.10. The molecule has 2 aromatic rings. The van der Waals surface area contributed by atoms with Crippen LogP contribution in [0.15, 0.2) is 47.2 Å². The van der Waals surface area contributed by atoms with Crippen LogP contribution in [0.5, 0.6) is 0 Å². The Morgan fingerprint density at radius 1 is 1.32 bits per heavy atom. The normalized spacial score (nSPS) is 20.9. The molecule has 0 saturated carbocycles. The third-order valence-corrected chi connectivity index (χ3v) is 4.10. The van der Waals surface area contributed by atoms with Gasteiger partial charge in [0, 0.05) is 37.4 Å². The highest BCUT2D eigenvalue weighted by Crippen LogP contribution is 2.23. The summed E-state index contributed by atoms with van der Waals surface area (Å²) in [5.41, 5.74) is 1.10. The van der Waals surface area contributed by atoms with Crippen LogP contribution in [0.1, 0.15) is 24.0 Å². The molecule has 1 aliphatic rings. The lowest BCUT2D eigenvalue weighted by Gasteiger charge is -2.36. The molecule has 2 atom stereocenters. The average molecular weight is 302 g/mol. The standard InChI is InChI=1S/C17H22N2O3/c20-16(17-5-3-10-22-17)12-15-13-21-11-9-19(15)8-6-14-4-1-2-7-18-14/h1-5,7,10,15-16,20H,6,8-9,11-13H2. The van der Waals surface area contributed by atoms with Crippen molar-refractivity contribution >= 4 is 0 Å². The van der Waals surface area contributed by atoms with Gasteiger partial charge in [0.05, 0.1) is 19.5 Å². The monoisotopic (exact) mass is 302 g/mol. The van der Waals surface area contributed by atoms with Crippen LogP contribution in [0.25, 0.3) is 0 Å². The Labute approximate surface area is 130 Å². The predicted octanol–water partition coefficient (Wildman–Crippen LogP) is 2.04. The molecule has 1 N–H and O–H groups in total. The lowest BCUT2D eigenvalue weighted by molar-refractivity contribution is -0.0280. The number of hydrogen-bond donors (Lipinski definition) is 1. The summed E-state index contributed by atoms with van der Waals surface area (Å²) in [4.78, 5) is 6.75. The molecule has 5 heteroatoms. The van der Waals surface area contributed by atoms with Gasteiger partial charge in [-0.2, -0.15) is 0 Å². The molecule has 3 rings (SSSR count). The Morgan fingerprint density at radius 3 is 3.05 bits per heavy atom. The second-order valence-corrected chi connectivity index (χ2v) is 5.60. The van der Waals surface area contributed by atoms with Crippen molar-refractivity contribution in [3.05, 3.63) is 54.2 Å². The van der Waals surface area contributed by atoms with Crippen LogP contribution >= 0.6 is 0 Å². The summed E-state index contributed by atoms with van der Waals surface area (Å²) in [5, 5.41) is 10.3. The van der Waals surface area contributed by atoms with Gasteiger partial charge in [-0.15, -0.1) is 0 Å². The topological polar surface area (TPSA) is 58.7 Å². The fraction of sp³-hybridized carbons (Fsp3) is 0.471. The van der Waals surface area contributed by atoms with Crippen molar-refractivity contribution in [1.82, 2.24) is 9.88 Å². The highest BCUT2D eigenvalue weighted by molar-refractivity contribution is 5.05. The number of aliphatic hydroxyl groups is 1. The average Bonchev–Trinajstić information content (AvgIpc) is 3.10. The van der Waals surface area contributed by atoms with Crippen LogP contribution in [0.3, 0.4) is 0 Å². The van der Waals surface area contributed by atoms with Gasteiger partial charge in [0.15, 0.2) is 0 Å². The summed E-state index contributed by atoms with van der Waals surface area (Å²) >= 11 is 0. The molecule has 22 heavy (non-hydrogen) atoms. The summed E-state index contributed by atoms with van der Waals surface area (Å²) in [7, 11) is 0. The van der Waals surface area contributed by atoms with Crippen LogP contribution in [-0.2, 0) is 11.2 Å². The number of rotatable bonds is 6. The number of furan rings is 1. The highest BCUT2D eigenvalue weighted by Gasteiger charge is 2.26. The number of ether oxygens (including phenoxy) is 1. The zero-order valence-corrected chi connectivity index (χ0v) is 12.6. The second-order valence-electron chi connectivity index (χ2n) is 5.60. The SMILES string of the molecule is OC(CC1COCCN1CCc1ccccn1)c1ccco1. The molecule has 2 unspecified atom stereocenters. The van der Waals surface area contributed by atoms with E-state index in [0.29, 0.717) is 18.8 Å². The van der Waals surface area contributed by atoms with Crippen LogP contribution < -0.4 is 0 Å². The molecule has 1 aliphatic heterocycles. The van der Waals surface area contributed by atoms with Gasteiger partial charge in [0.25, 0.3) is 0 Å². The molecule has 0 bridgehead atoms. The van der Waals surface area contributed by atoms with Crippen molar-refractivity contribution < 1.29 is 14.3 Å². The van der Waals surface area contributed by atoms with Gasteiger partial charge in [-0.05, 0) is 30.7 Å². The molecule has 1 saturated heterocycles. The van der Waals surface area contributed by atoms with Crippen molar-refractivity contribution in [1.29, 1.82) is 0 Å². The Hall–Kier alpha value is -1.69. The minimum atomic E-state index is -0.584. The second kappa shape index (κ2) is 7.54. The lowest BCUT2D eigenvalue weighted by Crippen LogP contribution is -2.47. The largest absolute Gasteiger partial charge is 0.467 e. The molecule has 2 aromatic heterocycles. The third kappa shape index (κ3) is 3.94. The Bertz CT molecular complexity index is 544. The van der Waals surface area contributed by atoms with Gasteiger partial charge < -0.3 is 14.3 Å². The fourth-order valence-corrected chi connectivity index (χ4v) is 2.86. The van der Waals surface area contributed by atoms with Gasteiger partial charge in [0.2, 0.25) is 0 Å². The van der Waals surface area contributed by atoms with E-state index in [-0.39, 0.29) is 6.04 Å². The van der Waals surface area contributed by atoms with Gasteiger partial charge in [-0.1, -0.05) is 6.07 Å². The minimum Gasteiger partial charge on any atom is -0.467 e. The van der Waals surface area contributed by atoms with Crippen molar-refractivity contribution in [2.45, 2.75) is 25.0 Å². The van der Waals surface area contributed by atoms with Crippen LogP contribution in [0.2, 0.25) is 0 Å². The molecular formula is C17H22N2O3. The van der Waals surface area contributed by atoms with E-state index in [0.717, 1.165) is 31.8 Å². The van der Waals surface area contributed by atoms with Crippen LogP contribution in [-0.4, -0.2) is 47.3 Å². The number of pyridine rings is 1. The number of nitrogens with zero attached hydrogens (tertiary/aromatic N) is 2. The number of morpholine rings is 1. The number of aromatic nitrogens is 1. The zero-order valence-electron chi connectivity index (χ0n) is 12.6. The Morgan fingerprint density at radius 2 is 2.27 bits per heavy atom. The van der Waals surface area contributed by atoms with E-state index < -0.39 is 6.10 Å². The van der Waals surface area contributed by atoms with Crippen LogP contribution in [0, 0.1) is 0 Å². The maximum Gasteiger partial charge on any atom is 0.132 e. The summed E-state index contributed by atoms with van der Waals surface area (Å²) in [6.07, 6.45) is 4.37. The quantitative estimate of drug-likeness (QED) is 0.885. The Kier molecular flexibility index (Phi) is 5.21. The maximum atomic E-state index is 10.3. The van der Waals surface area contributed by atoms with Crippen molar-refractivity contribution in [2.75, 3.05) is 26.3 Å². The van der Waals surface area contributed by atoms with E-state index >= 15 is 0 Å². The van der Waals surface area contributed by atoms with E-state index in [1.807, 2.05) is 30.5 Å². The number of hydrogen-bond acceptors (Lipinski definition) is 5. The Balaban J connectivity index is 1.56. The first-order chi connectivity index (χ1) is 10.8. The van der Waals surface area contributed by atoms with Gasteiger partial charge in [0.1, 0.15) is 11.9 Å². The molecule has 0 amide bonds. The zero-order chi connectivity index (χ0) is 15.2. The molecule has 0 aromatic carbocycles. The molecule has 5 nitrogen and oxygen atoms in total. The molecule has 0 aliphatic carbocycles. The molecular weight excluding hydrogens is 280 g/mol. The summed E-state index contributed by atoms with van der Waals surface area (Å²) < 4.78 is 10.9. The summed E-state index contributed by atoms with van der Waals surface area (Å²) in [6.45, 7) is 3.22. The van der Waals surface area contributed by atoms with E-state index in [1.54, 1.807) is 12.3 Å². The van der Waals surface area contributed by atoms with Gasteiger partial charge in [-0.25, -0.2) is 0 Å². The first-order valence-electron chi connectivity index (χ1n) is 7.76. The lowest BCUT2D eigenvalue weighted by atomic mass is 10.0.